The molecule has 0 amide bonds. The van der Waals surface area contributed by atoms with Crippen LogP contribution in [-0.4, -0.2) is 15.0 Å². The van der Waals surface area contributed by atoms with E-state index in [4.69, 9.17) is 16.7 Å². The van der Waals surface area contributed by atoms with Crippen LogP contribution in [0.1, 0.15) is 0 Å². The van der Waals surface area contributed by atoms with Gasteiger partial charge in [0.2, 0.25) is 0 Å². The molecule has 0 fully saturated rings. The maximum atomic E-state index is 10.5. The molecule has 0 saturated carbocycles. The largest absolute Gasteiger partial charge is 0.506 e. The van der Waals surface area contributed by atoms with Crippen molar-refractivity contribution in [3.8, 4) is 5.75 Å². The molecule has 1 N–H and O–H groups in total. The predicted molar refractivity (Wildman–Crippen MR) is 68.2 cm³/mol. The van der Waals surface area contributed by atoms with Gasteiger partial charge in [-0.25, -0.2) is 4.98 Å². The third-order valence-electron chi connectivity index (χ3n) is 2.13. The van der Waals surface area contributed by atoms with Crippen LogP contribution in [-0.2, 0) is 0 Å². The molecule has 1 aromatic heterocycles. The first-order valence-corrected chi connectivity index (χ1v) is 5.45. The summed E-state index contributed by atoms with van der Waals surface area (Å²) in [6, 6.07) is 6.84. The number of azo groups is 1. The van der Waals surface area contributed by atoms with Crippen molar-refractivity contribution in [2.75, 3.05) is 0 Å². The Morgan fingerprint density at radius 2 is 1.95 bits per heavy atom. The van der Waals surface area contributed by atoms with Gasteiger partial charge >= 0.3 is 0 Å². The number of nitro groups is 1. The van der Waals surface area contributed by atoms with Crippen molar-refractivity contribution in [1.82, 2.24) is 4.98 Å². The van der Waals surface area contributed by atoms with E-state index in [1.54, 1.807) is 0 Å². The Kier molecular flexibility index (Phi) is 3.67. The van der Waals surface area contributed by atoms with E-state index in [9.17, 15) is 10.1 Å². The van der Waals surface area contributed by atoms with Crippen LogP contribution in [0.15, 0.2) is 46.8 Å². The highest BCUT2D eigenvalue weighted by atomic mass is 35.5. The van der Waals surface area contributed by atoms with E-state index in [2.05, 4.69) is 15.2 Å². The van der Waals surface area contributed by atoms with Crippen LogP contribution >= 0.6 is 11.6 Å². The molecule has 2 rings (SSSR count). The maximum Gasteiger partial charge on any atom is 0.269 e. The van der Waals surface area contributed by atoms with Gasteiger partial charge in [-0.1, -0.05) is 11.6 Å². The number of rotatable bonds is 3. The summed E-state index contributed by atoms with van der Waals surface area (Å²) in [6.45, 7) is 0. The number of aromatic hydroxyl groups is 1. The van der Waals surface area contributed by atoms with Gasteiger partial charge in [0.25, 0.3) is 5.69 Å². The Balaban J connectivity index is 2.20. The minimum Gasteiger partial charge on any atom is -0.506 e. The highest BCUT2D eigenvalue weighted by molar-refractivity contribution is 6.32. The number of pyridine rings is 1. The van der Waals surface area contributed by atoms with Gasteiger partial charge in [0, 0.05) is 18.2 Å². The maximum absolute atomic E-state index is 10.5. The van der Waals surface area contributed by atoms with Crippen molar-refractivity contribution in [2.45, 2.75) is 0 Å². The summed E-state index contributed by atoms with van der Waals surface area (Å²) in [5.74, 6) is 0.0807. The minimum absolute atomic E-state index is 0.0280. The van der Waals surface area contributed by atoms with Gasteiger partial charge in [-0.15, -0.1) is 10.2 Å². The lowest BCUT2D eigenvalue weighted by molar-refractivity contribution is -0.384. The average molecular weight is 279 g/mol. The number of nitro benzene ring substituents is 1. The molecular formula is C11H7ClN4O3. The number of non-ortho nitro benzene ring substituents is 1. The molecule has 0 spiro atoms. The summed E-state index contributed by atoms with van der Waals surface area (Å²) in [4.78, 5) is 13.8. The molecule has 2 aromatic rings. The highest BCUT2D eigenvalue weighted by Crippen LogP contribution is 2.27. The topological polar surface area (TPSA) is 101 Å². The van der Waals surface area contributed by atoms with E-state index >= 15 is 0 Å². The summed E-state index contributed by atoms with van der Waals surface area (Å²) in [7, 11) is 0. The Labute approximate surface area is 112 Å². The number of benzene rings is 1. The molecule has 0 radical (unpaired) electrons. The Morgan fingerprint density at radius 3 is 2.53 bits per heavy atom. The molecule has 0 aliphatic rings. The lowest BCUT2D eigenvalue weighted by atomic mass is 10.3. The molecule has 0 unspecified atom stereocenters. The Hall–Kier alpha value is -2.54. The van der Waals surface area contributed by atoms with Gasteiger partial charge in [0.05, 0.1) is 21.8 Å². The van der Waals surface area contributed by atoms with Crippen molar-refractivity contribution in [1.29, 1.82) is 0 Å². The van der Waals surface area contributed by atoms with E-state index in [1.807, 2.05) is 0 Å². The quantitative estimate of drug-likeness (QED) is 0.524. The molecule has 0 atom stereocenters. The van der Waals surface area contributed by atoms with Gasteiger partial charge in [0.15, 0.2) is 5.82 Å². The molecule has 8 heteroatoms. The number of nitrogens with zero attached hydrogens (tertiary/aromatic N) is 4. The monoisotopic (exact) mass is 278 g/mol. The van der Waals surface area contributed by atoms with Crippen LogP contribution in [0.3, 0.4) is 0 Å². The molecule has 1 heterocycles. The highest BCUT2D eigenvalue weighted by Gasteiger charge is 2.04. The molecule has 0 aliphatic heterocycles. The fraction of sp³-hybridized carbons (Fsp3) is 0. The lowest BCUT2D eigenvalue weighted by Crippen LogP contribution is -1.85. The zero-order chi connectivity index (χ0) is 13.8. The van der Waals surface area contributed by atoms with E-state index < -0.39 is 4.92 Å². The Bertz CT molecular complexity index is 643. The second kappa shape index (κ2) is 5.40. The molecule has 0 bridgehead atoms. The van der Waals surface area contributed by atoms with E-state index in [0.29, 0.717) is 5.69 Å². The second-order valence-electron chi connectivity index (χ2n) is 3.47. The van der Waals surface area contributed by atoms with Gasteiger partial charge < -0.3 is 5.11 Å². The summed E-state index contributed by atoms with van der Waals surface area (Å²) in [5.41, 5.74) is 0.399. The zero-order valence-electron chi connectivity index (χ0n) is 9.39. The van der Waals surface area contributed by atoms with Crippen LogP contribution in [0.4, 0.5) is 17.2 Å². The van der Waals surface area contributed by atoms with Gasteiger partial charge in [-0.2, -0.15) is 0 Å². The third-order valence-corrected chi connectivity index (χ3v) is 2.41. The summed E-state index contributed by atoms with van der Waals surface area (Å²) >= 11 is 5.80. The first-order chi connectivity index (χ1) is 9.06. The van der Waals surface area contributed by atoms with Gasteiger partial charge in [-0.05, 0) is 12.1 Å². The summed E-state index contributed by atoms with van der Waals surface area (Å²) in [5, 5.41) is 27.4. The van der Waals surface area contributed by atoms with Crippen LogP contribution in [0.5, 0.6) is 5.75 Å². The van der Waals surface area contributed by atoms with Gasteiger partial charge in [-0.3, -0.25) is 10.1 Å². The molecule has 19 heavy (non-hydrogen) atoms. The molecule has 0 saturated heterocycles. The fourth-order valence-electron chi connectivity index (χ4n) is 1.24. The third kappa shape index (κ3) is 3.23. The van der Waals surface area contributed by atoms with Crippen molar-refractivity contribution in [3.63, 3.8) is 0 Å². The number of halogens is 1. The van der Waals surface area contributed by atoms with Crippen LogP contribution < -0.4 is 0 Å². The van der Waals surface area contributed by atoms with Crippen LogP contribution in [0, 0.1) is 10.1 Å². The first-order valence-electron chi connectivity index (χ1n) is 5.07. The first kappa shape index (κ1) is 12.9. The van der Waals surface area contributed by atoms with Crippen molar-refractivity contribution in [3.05, 3.63) is 51.7 Å². The van der Waals surface area contributed by atoms with E-state index in [0.717, 1.165) is 0 Å². The minimum atomic E-state index is -0.501. The molecule has 0 aliphatic carbocycles. The smallest absolute Gasteiger partial charge is 0.269 e. The summed E-state index contributed by atoms with van der Waals surface area (Å²) < 4.78 is 0. The van der Waals surface area contributed by atoms with Crippen LogP contribution in [0.2, 0.25) is 5.02 Å². The average Bonchev–Trinajstić information content (AvgIpc) is 2.38. The van der Waals surface area contributed by atoms with Gasteiger partial charge in [0.1, 0.15) is 5.75 Å². The zero-order valence-corrected chi connectivity index (χ0v) is 10.2. The number of hydrogen-bond donors (Lipinski definition) is 1. The predicted octanol–water partition coefficient (Wildman–Crippen LogP) is 3.76. The van der Waals surface area contributed by atoms with Crippen molar-refractivity contribution in [2.24, 2.45) is 10.2 Å². The molecular weight excluding hydrogens is 272 g/mol. The standard InChI is InChI=1S/C11H7ClN4O3/c12-10-5-9(17)6-13-11(10)15-14-7-1-3-8(4-2-7)16(18)19/h1-6,17H/b15-14+. The Morgan fingerprint density at radius 1 is 1.26 bits per heavy atom. The summed E-state index contributed by atoms with van der Waals surface area (Å²) in [6.07, 6.45) is 1.19. The number of aromatic nitrogens is 1. The normalized spacial score (nSPS) is 10.8. The van der Waals surface area contributed by atoms with Crippen LogP contribution in [0.25, 0.3) is 0 Å². The number of hydrogen-bond acceptors (Lipinski definition) is 6. The van der Waals surface area contributed by atoms with E-state index in [1.165, 1.54) is 36.5 Å². The fourth-order valence-corrected chi connectivity index (χ4v) is 1.44. The van der Waals surface area contributed by atoms with E-state index in [-0.39, 0.29) is 22.3 Å². The molecule has 7 nitrogen and oxygen atoms in total. The molecule has 1 aromatic carbocycles. The SMILES string of the molecule is O=[N+]([O-])c1ccc(/N=N/c2ncc(O)cc2Cl)cc1. The second-order valence-corrected chi connectivity index (χ2v) is 3.88. The van der Waals surface area contributed by atoms with Crippen molar-refractivity contribution < 1.29 is 10.0 Å². The lowest BCUT2D eigenvalue weighted by Gasteiger charge is -1.96. The molecule has 96 valence electrons. The van der Waals surface area contributed by atoms with Crippen molar-refractivity contribution >= 4 is 28.8 Å².